The summed E-state index contributed by atoms with van der Waals surface area (Å²) in [5.41, 5.74) is 1.37. The second-order valence-electron chi connectivity index (χ2n) is 7.39. The van der Waals surface area contributed by atoms with Crippen molar-refractivity contribution < 1.29 is 4.79 Å². The van der Waals surface area contributed by atoms with Gasteiger partial charge in [0.2, 0.25) is 5.91 Å². The molecular weight excluding hydrogens is 458 g/mol. The van der Waals surface area contributed by atoms with E-state index < -0.39 is 0 Å². The van der Waals surface area contributed by atoms with E-state index in [9.17, 15) is 9.59 Å². The van der Waals surface area contributed by atoms with E-state index >= 15 is 0 Å². The Bertz CT molecular complexity index is 1230. The summed E-state index contributed by atoms with van der Waals surface area (Å²) < 4.78 is 1.67. The number of benzene rings is 2. The van der Waals surface area contributed by atoms with Crippen molar-refractivity contribution >= 4 is 45.9 Å². The molecule has 3 aromatic rings. The predicted octanol–water partition coefficient (Wildman–Crippen LogP) is 4.38. The number of amides is 1. The van der Waals surface area contributed by atoms with Gasteiger partial charge in [0.1, 0.15) is 6.07 Å². The standard InChI is InChI=1S/C24H26ClN5O2S/c1-3-29(4-2)12-7-13-30-23(32)19-8-5-6-9-21(19)28-24(30)33-16-22(31)27-18-11-10-17(15-26)20(25)14-18/h5-6,8-11,14H,3-4,7,12-13,16H2,1-2H3,(H,27,31). The molecule has 0 bridgehead atoms. The number of aromatic nitrogens is 2. The molecule has 0 fully saturated rings. The Morgan fingerprint density at radius 1 is 1.24 bits per heavy atom. The van der Waals surface area contributed by atoms with Crippen molar-refractivity contribution in [3.63, 3.8) is 0 Å². The van der Waals surface area contributed by atoms with E-state index in [0.29, 0.717) is 33.9 Å². The lowest BCUT2D eigenvalue weighted by Gasteiger charge is -2.19. The first-order chi connectivity index (χ1) is 16.0. The van der Waals surface area contributed by atoms with Gasteiger partial charge in [0, 0.05) is 12.2 Å². The lowest BCUT2D eigenvalue weighted by molar-refractivity contribution is -0.113. The van der Waals surface area contributed by atoms with Crippen LogP contribution in [0.2, 0.25) is 5.02 Å². The van der Waals surface area contributed by atoms with Gasteiger partial charge >= 0.3 is 0 Å². The molecule has 7 nitrogen and oxygen atoms in total. The highest BCUT2D eigenvalue weighted by Crippen LogP contribution is 2.22. The smallest absolute Gasteiger partial charge is 0.262 e. The van der Waals surface area contributed by atoms with Gasteiger partial charge in [0.25, 0.3) is 5.56 Å². The minimum Gasteiger partial charge on any atom is -0.325 e. The van der Waals surface area contributed by atoms with Gasteiger partial charge in [-0.2, -0.15) is 5.26 Å². The normalized spacial score (nSPS) is 11.0. The van der Waals surface area contributed by atoms with Crippen molar-refractivity contribution in [3.05, 3.63) is 63.4 Å². The fourth-order valence-electron chi connectivity index (χ4n) is 3.46. The molecule has 0 atom stereocenters. The third-order valence-corrected chi connectivity index (χ3v) is 6.57. The number of hydrogen-bond acceptors (Lipinski definition) is 6. The number of nitrogens with one attached hydrogen (secondary N) is 1. The number of rotatable bonds is 10. The topological polar surface area (TPSA) is 91.0 Å². The summed E-state index contributed by atoms with van der Waals surface area (Å²) >= 11 is 7.27. The molecule has 2 aromatic carbocycles. The molecule has 0 aliphatic rings. The number of nitrogens with zero attached hydrogens (tertiary/aromatic N) is 4. The Labute approximate surface area is 202 Å². The van der Waals surface area contributed by atoms with E-state index in [2.05, 4.69) is 29.0 Å². The summed E-state index contributed by atoms with van der Waals surface area (Å²) in [7, 11) is 0. The van der Waals surface area contributed by atoms with Gasteiger partial charge in [-0.3, -0.25) is 14.2 Å². The fourth-order valence-corrected chi connectivity index (χ4v) is 4.51. The van der Waals surface area contributed by atoms with Crippen LogP contribution in [0.4, 0.5) is 5.69 Å². The van der Waals surface area contributed by atoms with Gasteiger partial charge in [-0.05, 0) is 56.4 Å². The number of nitriles is 1. The summed E-state index contributed by atoms with van der Waals surface area (Å²) in [6, 6.07) is 14.0. The van der Waals surface area contributed by atoms with Gasteiger partial charge in [0.15, 0.2) is 5.16 Å². The van der Waals surface area contributed by atoms with Crippen LogP contribution >= 0.6 is 23.4 Å². The molecule has 0 unspecified atom stereocenters. The average molecular weight is 484 g/mol. The minimum absolute atomic E-state index is 0.0818. The number of fused-ring (bicyclic) bond motifs is 1. The van der Waals surface area contributed by atoms with Crippen molar-refractivity contribution in [3.8, 4) is 6.07 Å². The van der Waals surface area contributed by atoms with Crippen LogP contribution in [0.3, 0.4) is 0 Å². The molecule has 172 valence electrons. The summed E-state index contributed by atoms with van der Waals surface area (Å²) in [5, 5.41) is 13.1. The SMILES string of the molecule is CCN(CC)CCCn1c(SCC(=O)Nc2ccc(C#N)c(Cl)c2)nc2ccccc2c1=O. The van der Waals surface area contributed by atoms with Crippen LogP contribution < -0.4 is 10.9 Å². The molecule has 0 aliphatic heterocycles. The fraction of sp³-hybridized carbons (Fsp3) is 0.333. The molecule has 9 heteroatoms. The minimum atomic E-state index is -0.252. The maximum Gasteiger partial charge on any atom is 0.262 e. The second kappa shape index (κ2) is 11.8. The summed E-state index contributed by atoms with van der Waals surface area (Å²) in [6.07, 6.45) is 0.811. The first kappa shape index (κ1) is 24.8. The van der Waals surface area contributed by atoms with E-state index in [1.54, 1.807) is 34.9 Å². The van der Waals surface area contributed by atoms with E-state index in [0.717, 1.165) is 26.1 Å². The number of carbonyl (C=O) groups is 1. The van der Waals surface area contributed by atoms with E-state index in [-0.39, 0.29) is 22.2 Å². The number of carbonyl (C=O) groups excluding carboxylic acids is 1. The predicted molar refractivity (Wildman–Crippen MR) is 134 cm³/mol. The maximum atomic E-state index is 13.2. The average Bonchev–Trinajstić information content (AvgIpc) is 2.82. The number of thioether (sulfide) groups is 1. The highest BCUT2D eigenvalue weighted by atomic mass is 35.5. The number of hydrogen-bond donors (Lipinski definition) is 1. The summed E-state index contributed by atoms with van der Waals surface area (Å²) in [6.45, 7) is 7.58. The van der Waals surface area contributed by atoms with Gasteiger partial charge in [-0.15, -0.1) is 0 Å². The first-order valence-electron chi connectivity index (χ1n) is 10.8. The Morgan fingerprint density at radius 2 is 2.00 bits per heavy atom. The Kier molecular flexibility index (Phi) is 8.89. The zero-order chi connectivity index (χ0) is 23.8. The third kappa shape index (κ3) is 6.35. The zero-order valence-corrected chi connectivity index (χ0v) is 20.2. The third-order valence-electron chi connectivity index (χ3n) is 5.28. The molecule has 0 spiro atoms. The number of anilines is 1. The Hall–Kier alpha value is -2.86. The zero-order valence-electron chi connectivity index (χ0n) is 18.7. The lowest BCUT2D eigenvalue weighted by Crippen LogP contribution is -2.28. The summed E-state index contributed by atoms with van der Waals surface area (Å²) in [5.74, 6) is -0.170. The quantitative estimate of drug-likeness (QED) is 0.340. The molecule has 1 aromatic heterocycles. The van der Waals surface area contributed by atoms with Crippen LogP contribution in [0.5, 0.6) is 0 Å². The number of halogens is 1. The van der Waals surface area contributed by atoms with E-state index in [4.69, 9.17) is 16.9 Å². The van der Waals surface area contributed by atoms with E-state index in [1.165, 1.54) is 11.8 Å². The molecule has 33 heavy (non-hydrogen) atoms. The van der Waals surface area contributed by atoms with Crippen molar-refractivity contribution in [2.75, 3.05) is 30.7 Å². The van der Waals surface area contributed by atoms with Crippen molar-refractivity contribution in [2.45, 2.75) is 32.0 Å². The van der Waals surface area contributed by atoms with Gasteiger partial charge < -0.3 is 10.2 Å². The molecule has 0 radical (unpaired) electrons. The molecule has 0 saturated heterocycles. The van der Waals surface area contributed by atoms with Gasteiger partial charge in [-0.1, -0.05) is 49.3 Å². The van der Waals surface area contributed by atoms with Crippen LogP contribution in [0.1, 0.15) is 25.8 Å². The van der Waals surface area contributed by atoms with Crippen LogP contribution in [0, 0.1) is 11.3 Å². The second-order valence-corrected chi connectivity index (χ2v) is 8.74. The first-order valence-corrected chi connectivity index (χ1v) is 12.2. The number of para-hydroxylation sites is 1. The van der Waals surface area contributed by atoms with Gasteiger partial charge in [-0.25, -0.2) is 4.98 Å². The maximum absolute atomic E-state index is 13.2. The van der Waals surface area contributed by atoms with Crippen LogP contribution in [0.15, 0.2) is 52.4 Å². The van der Waals surface area contributed by atoms with Crippen molar-refractivity contribution in [1.29, 1.82) is 5.26 Å². The highest BCUT2D eigenvalue weighted by Gasteiger charge is 2.14. The molecule has 3 rings (SSSR count). The van der Waals surface area contributed by atoms with E-state index in [1.807, 2.05) is 18.2 Å². The van der Waals surface area contributed by atoms with Crippen LogP contribution in [0.25, 0.3) is 10.9 Å². The van der Waals surface area contributed by atoms with Crippen molar-refractivity contribution in [2.24, 2.45) is 0 Å². The molecular formula is C24H26ClN5O2S. The summed E-state index contributed by atoms with van der Waals surface area (Å²) in [4.78, 5) is 32.7. The van der Waals surface area contributed by atoms with Gasteiger partial charge in [0.05, 0.1) is 27.2 Å². The lowest BCUT2D eigenvalue weighted by atomic mass is 10.2. The Morgan fingerprint density at radius 3 is 2.70 bits per heavy atom. The monoisotopic (exact) mass is 483 g/mol. The Balaban J connectivity index is 1.76. The molecule has 1 amide bonds. The van der Waals surface area contributed by atoms with Crippen molar-refractivity contribution in [1.82, 2.24) is 14.5 Å². The van der Waals surface area contributed by atoms with Crippen LogP contribution in [-0.2, 0) is 11.3 Å². The van der Waals surface area contributed by atoms with Crippen LogP contribution in [-0.4, -0.2) is 45.7 Å². The molecule has 1 heterocycles. The molecule has 1 N–H and O–H groups in total. The largest absolute Gasteiger partial charge is 0.325 e. The molecule has 0 aliphatic carbocycles. The molecule has 0 saturated carbocycles. The highest BCUT2D eigenvalue weighted by molar-refractivity contribution is 7.99.